The van der Waals surface area contributed by atoms with Gasteiger partial charge in [-0.3, -0.25) is 9.78 Å². The first-order valence-electron chi connectivity index (χ1n) is 6.21. The van der Waals surface area contributed by atoms with Gasteiger partial charge in [0.2, 0.25) is 0 Å². The summed E-state index contributed by atoms with van der Waals surface area (Å²) in [6, 6.07) is 7.28. The van der Waals surface area contributed by atoms with Gasteiger partial charge < -0.3 is 15.4 Å². The van der Waals surface area contributed by atoms with Gasteiger partial charge in [-0.2, -0.15) is 0 Å². The van der Waals surface area contributed by atoms with E-state index in [1.807, 2.05) is 12.1 Å². The summed E-state index contributed by atoms with van der Waals surface area (Å²) >= 11 is 0. The lowest BCUT2D eigenvalue weighted by Gasteiger charge is -2.14. The third-order valence-electron chi connectivity index (χ3n) is 3.41. The summed E-state index contributed by atoms with van der Waals surface area (Å²) in [6.45, 7) is 0.726. The van der Waals surface area contributed by atoms with Crippen molar-refractivity contribution in [3.05, 3.63) is 30.5 Å². The Morgan fingerprint density at radius 2 is 2.26 bits per heavy atom. The number of ether oxygens (including phenoxy) is 1. The number of hydrogen-bond donors (Lipinski definition) is 1. The minimum atomic E-state index is -0.418. The highest BCUT2D eigenvalue weighted by molar-refractivity contribution is 5.94. The zero-order chi connectivity index (χ0) is 13.4. The quantitative estimate of drug-likeness (QED) is 0.826. The van der Waals surface area contributed by atoms with Crippen LogP contribution in [0.5, 0.6) is 5.75 Å². The van der Waals surface area contributed by atoms with E-state index in [4.69, 9.17) is 10.5 Å². The topological polar surface area (TPSA) is 68.5 Å². The summed E-state index contributed by atoms with van der Waals surface area (Å²) in [7, 11) is 1.78. The monoisotopic (exact) mass is 257 g/mol. The molecule has 1 unspecified atom stereocenters. The maximum absolute atomic E-state index is 11.9. The molecule has 98 valence electrons. The van der Waals surface area contributed by atoms with E-state index in [9.17, 15) is 4.79 Å². The molecule has 1 atom stereocenters. The van der Waals surface area contributed by atoms with Crippen molar-refractivity contribution >= 4 is 22.5 Å². The third-order valence-corrected chi connectivity index (χ3v) is 3.41. The van der Waals surface area contributed by atoms with Gasteiger partial charge in [-0.1, -0.05) is 0 Å². The maximum Gasteiger partial charge on any atom is 0.263 e. The number of nitrogens with two attached hydrogens (primary N) is 1. The maximum atomic E-state index is 11.9. The van der Waals surface area contributed by atoms with Crippen molar-refractivity contribution in [1.82, 2.24) is 9.88 Å². The number of pyridine rings is 1. The molecule has 1 aromatic carbocycles. The van der Waals surface area contributed by atoms with Gasteiger partial charge in [0, 0.05) is 37.3 Å². The number of fused-ring (bicyclic) bond motifs is 1. The average Bonchev–Trinajstić information content (AvgIpc) is 2.74. The fourth-order valence-corrected chi connectivity index (χ4v) is 2.32. The summed E-state index contributed by atoms with van der Waals surface area (Å²) in [5.41, 5.74) is 7.27. The van der Waals surface area contributed by atoms with E-state index < -0.39 is 6.10 Å². The second-order valence-electron chi connectivity index (χ2n) is 4.71. The number of nitrogens with zero attached hydrogens (tertiary/aromatic N) is 2. The lowest BCUT2D eigenvalue weighted by atomic mass is 10.1. The molecule has 2 N–H and O–H groups in total. The number of aromatic nitrogens is 1. The van der Waals surface area contributed by atoms with Crippen LogP contribution in [-0.4, -0.2) is 35.5 Å². The molecule has 1 aliphatic rings. The molecule has 1 aromatic heterocycles. The molecule has 1 amide bonds. The second kappa shape index (κ2) is 4.42. The van der Waals surface area contributed by atoms with Crippen LogP contribution in [0, 0.1) is 0 Å². The molecular weight excluding hydrogens is 242 g/mol. The first kappa shape index (κ1) is 11.8. The first-order valence-corrected chi connectivity index (χ1v) is 6.21. The van der Waals surface area contributed by atoms with E-state index in [0.29, 0.717) is 23.4 Å². The second-order valence-corrected chi connectivity index (χ2v) is 4.71. The minimum absolute atomic E-state index is 0.0147. The molecular formula is C14H15N3O2. The van der Waals surface area contributed by atoms with Gasteiger partial charge in [-0.15, -0.1) is 0 Å². The molecule has 5 heteroatoms. The predicted molar refractivity (Wildman–Crippen MR) is 72.8 cm³/mol. The van der Waals surface area contributed by atoms with Crippen LogP contribution in [0.15, 0.2) is 30.5 Å². The smallest absolute Gasteiger partial charge is 0.263 e. The molecule has 0 aliphatic carbocycles. The number of rotatable bonds is 2. The van der Waals surface area contributed by atoms with Gasteiger partial charge in [-0.25, -0.2) is 0 Å². The zero-order valence-electron chi connectivity index (χ0n) is 10.7. The van der Waals surface area contributed by atoms with Crippen molar-refractivity contribution in [2.24, 2.45) is 0 Å². The highest BCUT2D eigenvalue weighted by atomic mass is 16.5. The number of benzene rings is 1. The van der Waals surface area contributed by atoms with Crippen LogP contribution in [-0.2, 0) is 4.79 Å². The molecule has 19 heavy (non-hydrogen) atoms. The Labute approximate surface area is 111 Å². The lowest BCUT2D eigenvalue weighted by molar-refractivity contribution is -0.132. The molecule has 0 bridgehead atoms. The Kier molecular flexibility index (Phi) is 2.74. The van der Waals surface area contributed by atoms with Crippen molar-refractivity contribution in [3.63, 3.8) is 0 Å². The molecule has 1 aliphatic heterocycles. The van der Waals surface area contributed by atoms with Gasteiger partial charge in [-0.05, 0) is 24.3 Å². The summed E-state index contributed by atoms with van der Waals surface area (Å²) in [6.07, 6.45) is 1.98. The summed E-state index contributed by atoms with van der Waals surface area (Å²) < 4.78 is 5.82. The fourth-order valence-electron chi connectivity index (χ4n) is 2.32. The third kappa shape index (κ3) is 1.97. The van der Waals surface area contributed by atoms with E-state index in [2.05, 4.69) is 4.98 Å². The Morgan fingerprint density at radius 1 is 1.42 bits per heavy atom. The van der Waals surface area contributed by atoms with Crippen LogP contribution in [0.2, 0.25) is 0 Å². The fraction of sp³-hybridized carbons (Fsp3) is 0.286. The van der Waals surface area contributed by atoms with Crippen LogP contribution >= 0.6 is 0 Å². The first-order chi connectivity index (χ1) is 9.16. The normalized spacial score (nSPS) is 19.1. The van der Waals surface area contributed by atoms with E-state index >= 15 is 0 Å². The minimum Gasteiger partial charge on any atom is -0.478 e. The number of likely N-dealkylation sites (N-methyl/N-ethyl adjacent to an activating group) is 1. The van der Waals surface area contributed by atoms with Crippen molar-refractivity contribution < 1.29 is 9.53 Å². The summed E-state index contributed by atoms with van der Waals surface area (Å²) in [5.74, 6) is 0.624. The van der Waals surface area contributed by atoms with Gasteiger partial charge in [0.15, 0.2) is 6.10 Å². The van der Waals surface area contributed by atoms with Crippen LogP contribution in [0.4, 0.5) is 5.69 Å². The molecule has 1 saturated heterocycles. The zero-order valence-corrected chi connectivity index (χ0v) is 10.7. The SMILES string of the molecule is CN1CCC(Oc2ccc(N)c3cccnc23)C1=O. The van der Waals surface area contributed by atoms with Crippen LogP contribution in [0.25, 0.3) is 10.9 Å². The largest absolute Gasteiger partial charge is 0.478 e. The van der Waals surface area contributed by atoms with E-state index in [-0.39, 0.29) is 5.91 Å². The molecule has 0 radical (unpaired) electrons. The molecule has 3 rings (SSSR count). The van der Waals surface area contributed by atoms with Crippen molar-refractivity contribution in [3.8, 4) is 5.75 Å². The van der Waals surface area contributed by atoms with Crippen molar-refractivity contribution in [2.45, 2.75) is 12.5 Å². The van der Waals surface area contributed by atoms with E-state index in [0.717, 1.165) is 11.9 Å². The molecule has 5 nitrogen and oxygen atoms in total. The molecule has 2 aromatic rings. The number of carbonyl (C=O) groups excluding carboxylic acids is 1. The molecule has 0 saturated carbocycles. The van der Waals surface area contributed by atoms with E-state index in [1.165, 1.54) is 0 Å². The highest BCUT2D eigenvalue weighted by Crippen LogP contribution is 2.30. The number of anilines is 1. The predicted octanol–water partition coefficient (Wildman–Crippen LogP) is 1.43. The molecule has 1 fully saturated rings. The van der Waals surface area contributed by atoms with Crippen LogP contribution < -0.4 is 10.5 Å². The number of nitrogen functional groups attached to an aromatic ring is 1. The Balaban J connectivity index is 1.98. The standard InChI is InChI=1S/C14H15N3O2/c1-17-8-6-12(14(17)18)19-11-5-4-10(15)9-3-2-7-16-13(9)11/h2-5,7,12H,6,8,15H2,1H3. The summed E-state index contributed by atoms with van der Waals surface area (Å²) in [5, 5.41) is 0.846. The van der Waals surface area contributed by atoms with Crippen LogP contribution in [0.1, 0.15) is 6.42 Å². The number of likely N-dealkylation sites (tertiary alicyclic amines) is 1. The summed E-state index contributed by atoms with van der Waals surface area (Å²) in [4.78, 5) is 17.8. The number of hydrogen-bond acceptors (Lipinski definition) is 4. The number of carbonyl (C=O) groups is 1. The Morgan fingerprint density at radius 3 is 3.00 bits per heavy atom. The molecule has 2 heterocycles. The van der Waals surface area contributed by atoms with Gasteiger partial charge in [0.25, 0.3) is 5.91 Å². The average molecular weight is 257 g/mol. The highest BCUT2D eigenvalue weighted by Gasteiger charge is 2.31. The Bertz CT molecular complexity index is 642. The van der Waals surface area contributed by atoms with Gasteiger partial charge >= 0.3 is 0 Å². The van der Waals surface area contributed by atoms with Gasteiger partial charge in [0.1, 0.15) is 11.3 Å². The van der Waals surface area contributed by atoms with Gasteiger partial charge in [0.05, 0.1) is 0 Å². The lowest BCUT2D eigenvalue weighted by Crippen LogP contribution is -2.29. The van der Waals surface area contributed by atoms with Crippen LogP contribution in [0.3, 0.4) is 0 Å². The van der Waals surface area contributed by atoms with E-state index in [1.54, 1.807) is 30.3 Å². The molecule has 0 spiro atoms. The Hall–Kier alpha value is -2.30. The van der Waals surface area contributed by atoms with Crippen molar-refractivity contribution in [2.75, 3.05) is 19.3 Å². The van der Waals surface area contributed by atoms with Crippen molar-refractivity contribution in [1.29, 1.82) is 0 Å². The number of amides is 1.